The van der Waals surface area contributed by atoms with Crippen LogP contribution >= 0.6 is 0 Å². The molecule has 5 nitrogen and oxygen atoms in total. The lowest BCUT2D eigenvalue weighted by Crippen LogP contribution is -2.38. The predicted molar refractivity (Wildman–Crippen MR) is 60.6 cm³/mol. The van der Waals surface area contributed by atoms with E-state index >= 15 is 0 Å². The van der Waals surface area contributed by atoms with Gasteiger partial charge in [-0.2, -0.15) is 0 Å². The Morgan fingerprint density at radius 2 is 2.25 bits per heavy atom. The average Bonchev–Trinajstić information content (AvgIpc) is 2.19. The van der Waals surface area contributed by atoms with Crippen LogP contribution in [0, 0.1) is 0 Å². The van der Waals surface area contributed by atoms with Crippen molar-refractivity contribution < 1.29 is 9.90 Å². The van der Waals surface area contributed by atoms with E-state index in [4.69, 9.17) is 10.8 Å². The summed E-state index contributed by atoms with van der Waals surface area (Å²) in [6.07, 6.45) is 1.39. The third-order valence-electron chi connectivity index (χ3n) is 2.26. The lowest BCUT2D eigenvalue weighted by molar-refractivity contribution is -0.119. The molecule has 1 heterocycles. The van der Waals surface area contributed by atoms with E-state index in [1.807, 2.05) is 18.7 Å². The first kappa shape index (κ1) is 12.4. The number of amides is 1. The number of aromatic nitrogens is 1. The number of carbonyl (C=O) groups is 1. The Hall–Kier alpha value is -1.62. The Labute approximate surface area is 94.9 Å². The summed E-state index contributed by atoms with van der Waals surface area (Å²) in [6, 6.07) is 3.51. The Morgan fingerprint density at radius 3 is 2.69 bits per heavy atom. The van der Waals surface area contributed by atoms with E-state index < -0.39 is 0 Å². The number of hydrogen-bond donors (Lipinski definition) is 2. The molecule has 0 spiro atoms. The van der Waals surface area contributed by atoms with Crippen molar-refractivity contribution in [1.82, 2.24) is 9.88 Å². The van der Waals surface area contributed by atoms with E-state index in [9.17, 15) is 4.79 Å². The predicted octanol–water partition coefficient (Wildman–Crippen LogP) is 0.483. The Morgan fingerprint density at radius 1 is 1.56 bits per heavy atom. The molecule has 1 aromatic rings. The summed E-state index contributed by atoms with van der Waals surface area (Å²) >= 11 is 0. The normalized spacial score (nSPS) is 11.0. The second-order valence-corrected chi connectivity index (χ2v) is 3.97. The van der Waals surface area contributed by atoms with Crippen molar-refractivity contribution in [2.75, 3.05) is 6.54 Å². The van der Waals surface area contributed by atoms with E-state index in [0.29, 0.717) is 6.54 Å². The number of nitrogens with zero attached hydrogens (tertiary/aromatic N) is 2. The third-order valence-corrected chi connectivity index (χ3v) is 2.26. The highest BCUT2D eigenvalue weighted by molar-refractivity contribution is 5.75. The fourth-order valence-corrected chi connectivity index (χ4v) is 1.34. The summed E-state index contributed by atoms with van der Waals surface area (Å²) in [4.78, 5) is 16.9. The highest BCUT2D eigenvalue weighted by Crippen LogP contribution is 2.09. The van der Waals surface area contributed by atoms with Gasteiger partial charge in [-0.05, 0) is 26.0 Å². The van der Waals surface area contributed by atoms with Crippen LogP contribution in [0.1, 0.15) is 19.5 Å². The van der Waals surface area contributed by atoms with Gasteiger partial charge in [0.2, 0.25) is 5.91 Å². The van der Waals surface area contributed by atoms with Gasteiger partial charge in [0.1, 0.15) is 5.75 Å². The van der Waals surface area contributed by atoms with Gasteiger partial charge in [-0.1, -0.05) is 0 Å². The fraction of sp³-hybridized carbons (Fsp3) is 0.455. The summed E-state index contributed by atoms with van der Waals surface area (Å²) in [6.45, 7) is 4.73. The molecule has 1 rings (SSSR count). The van der Waals surface area contributed by atoms with Gasteiger partial charge in [-0.25, -0.2) is 0 Å². The highest BCUT2D eigenvalue weighted by Gasteiger charge is 2.13. The van der Waals surface area contributed by atoms with E-state index in [1.165, 1.54) is 6.20 Å². The van der Waals surface area contributed by atoms with Crippen LogP contribution in [-0.4, -0.2) is 33.5 Å². The zero-order valence-electron chi connectivity index (χ0n) is 9.55. The van der Waals surface area contributed by atoms with Crippen LogP contribution in [0.5, 0.6) is 5.75 Å². The zero-order valence-corrected chi connectivity index (χ0v) is 9.55. The molecule has 16 heavy (non-hydrogen) atoms. The maximum absolute atomic E-state index is 10.9. The number of aromatic hydroxyl groups is 1. The topological polar surface area (TPSA) is 79.5 Å². The van der Waals surface area contributed by atoms with Crippen molar-refractivity contribution in [3.05, 3.63) is 24.0 Å². The molecule has 0 aromatic carbocycles. The summed E-state index contributed by atoms with van der Waals surface area (Å²) in [7, 11) is 0. The zero-order chi connectivity index (χ0) is 12.1. The molecule has 0 saturated heterocycles. The summed E-state index contributed by atoms with van der Waals surface area (Å²) in [5.41, 5.74) is 5.97. The Kier molecular flexibility index (Phi) is 4.25. The van der Waals surface area contributed by atoms with Gasteiger partial charge < -0.3 is 10.8 Å². The van der Waals surface area contributed by atoms with Gasteiger partial charge in [-0.3, -0.25) is 14.7 Å². The Bertz CT molecular complexity index is 349. The molecule has 0 unspecified atom stereocenters. The van der Waals surface area contributed by atoms with Crippen molar-refractivity contribution in [2.24, 2.45) is 5.73 Å². The van der Waals surface area contributed by atoms with Crippen molar-refractivity contribution in [3.63, 3.8) is 0 Å². The van der Waals surface area contributed by atoms with Crippen LogP contribution in [0.3, 0.4) is 0 Å². The van der Waals surface area contributed by atoms with Gasteiger partial charge >= 0.3 is 0 Å². The second-order valence-electron chi connectivity index (χ2n) is 3.97. The highest BCUT2D eigenvalue weighted by atomic mass is 16.3. The minimum atomic E-state index is -0.354. The minimum Gasteiger partial charge on any atom is -0.506 e. The lowest BCUT2D eigenvalue weighted by atomic mass is 10.2. The molecule has 0 saturated carbocycles. The first-order chi connectivity index (χ1) is 7.49. The van der Waals surface area contributed by atoms with E-state index in [2.05, 4.69) is 4.98 Å². The van der Waals surface area contributed by atoms with Crippen molar-refractivity contribution in [1.29, 1.82) is 0 Å². The first-order valence-electron chi connectivity index (χ1n) is 5.15. The van der Waals surface area contributed by atoms with Crippen LogP contribution in [0.25, 0.3) is 0 Å². The van der Waals surface area contributed by atoms with Crippen LogP contribution in [0.2, 0.25) is 0 Å². The lowest BCUT2D eigenvalue weighted by Gasteiger charge is -2.24. The maximum atomic E-state index is 10.9. The molecule has 0 aliphatic carbocycles. The van der Waals surface area contributed by atoms with E-state index in [1.54, 1.807) is 12.1 Å². The van der Waals surface area contributed by atoms with Crippen LogP contribution in [0.4, 0.5) is 0 Å². The van der Waals surface area contributed by atoms with Crippen LogP contribution < -0.4 is 5.73 Å². The molecule has 0 radical (unpaired) electrons. The fourth-order valence-electron chi connectivity index (χ4n) is 1.34. The summed E-state index contributed by atoms with van der Waals surface area (Å²) in [5.74, 6) is -0.220. The number of carbonyl (C=O) groups excluding carboxylic acids is 1. The average molecular weight is 223 g/mol. The SMILES string of the molecule is CC(C)N(CC(N)=O)Cc1ccc(O)cn1. The Balaban J connectivity index is 2.67. The molecule has 0 fully saturated rings. The molecule has 3 N–H and O–H groups in total. The standard InChI is InChI=1S/C11H17N3O2/c1-8(2)14(7-11(12)16)6-9-3-4-10(15)5-13-9/h3-5,8,15H,6-7H2,1-2H3,(H2,12,16). The van der Waals surface area contributed by atoms with Gasteiger partial charge in [0.05, 0.1) is 18.4 Å². The molecule has 5 heteroatoms. The molecule has 1 aromatic heterocycles. The van der Waals surface area contributed by atoms with Gasteiger partial charge in [0, 0.05) is 12.6 Å². The van der Waals surface area contributed by atoms with E-state index in [0.717, 1.165) is 5.69 Å². The summed E-state index contributed by atoms with van der Waals surface area (Å²) < 4.78 is 0. The number of pyridine rings is 1. The third kappa shape index (κ3) is 3.86. The number of hydrogen-bond acceptors (Lipinski definition) is 4. The quantitative estimate of drug-likeness (QED) is 0.761. The number of primary amides is 1. The molecular weight excluding hydrogens is 206 g/mol. The van der Waals surface area contributed by atoms with Gasteiger partial charge in [0.15, 0.2) is 0 Å². The van der Waals surface area contributed by atoms with Gasteiger partial charge in [0.25, 0.3) is 0 Å². The van der Waals surface area contributed by atoms with Crippen LogP contribution in [-0.2, 0) is 11.3 Å². The molecular formula is C11H17N3O2. The van der Waals surface area contributed by atoms with E-state index in [-0.39, 0.29) is 24.2 Å². The molecule has 1 amide bonds. The van der Waals surface area contributed by atoms with Gasteiger partial charge in [-0.15, -0.1) is 0 Å². The monoisotopic (exact) mass is 223 g/mol. The van der Waals surface area contributed by atoms with Crippen molar-refractivity contribution in [2.45, 2.75) is 26.4 Å². The minimum absolute atomic E-state index is 0.134. The summed E-state index contributed by atoms with van der Waals surface area (Å²) in [5, 5.41) is 9.10. The molecule has 0 aliphatic heterocycles. The largest absolute Gasteiger partial charge is 0.506 e. The molecule has 0 aliphatic rings. The first-order valence-corrected chi connectivity index (χ1v) is 5.15. The number of nitrogens with two attached hydrogens (primary N) is 1. The molecule has 0 atom stereocenters. The van der Waals surface area contributed by atoms with Crippen molar-refractivity contribution in [3.8, 4) is 5.75 Å². The van der Waals surface area contributed by atoms with Crippen LogP contribution in [0.15, 0.2) is 18.3 Å². The number of rotatable bonds is 5. The second kappa shape index (κ2) is 5.46. The maximum Gasteiger partial charge on any atom is 0.231 e. The molecule has 88 valence electrons. The molecule has 0 bridgehead atoms. The van der Waals surface area contributed by atoms with Crippen molar-refractivity contribution >= 4 is 5.91 Å². The smallest absolute Gasteiger partial charge is 0.231 e.